The lowest BCUT2D eigenvalue weighted by atomic mass is 10.1. The molecule has 0 radical (unpaired) electrons. The third-order valence-electron chi connectivity index (χ3n) is 2.33. The number of hydrogen-bond acceptors (Lipinski definition) is 4. The van der Waals surface area contributed by atoms with Gasteiger partial charge in [0.15, 0.2) is 0 Å². The standard InChI is InChI=1S/C12H11F2N3S/c1-7-6-18-12(16-7)17-15-5-9-3-10(13)4-11(14)8(9)2/h3-6H,1-2H3,(H,16,17). The van der Waals surface area contributed by atoms with Gasteiger partial charge in [-0.3, -0.25) is 5.43 Å². The van der Waals surface area contributed by atoms with Gasteiger partial charge in [0.25, 0.3) is 0 Å². The summed E-state index contributed by atoms with van der Waals surface area (Å²) in [7, 11) is 0. The van der Waals surface area contributed by atoms with Crippen molar-refractivity contribution < 1.29 is 8.78 Å². The minimum Gasteiger partial charge on any atom is -0.253 e. The van der Waals surface area contributed by atoms with Crippen molar-refractivity contribution in [1.82, 2.24) is 4.98 Å². The minimum atomic E-state index is -0.621. The number of halogens is 2. The molecule has 0 atom stereocenters. The first kappa shape index (κ1) is 12.6. The van der Waals surface area contributed by atoms with E-state index in [2.05, 4.69) is 15.5 Å². The Hall–Kier alpha value is -1.82. The number of thiazole rings is 1. The molecule has 2 rings (SSSR count). The molecule has 1 N–H and O–H groups in total. The van der Waals surface area contributed by atoms with E-state index in [0.29, 0.717) is 16.3 Å². The van der Waals surface area contributed by atoms with Gasteiger partial charge in [0.1, 0.15) is 11.6 Å². The van der Waals surface area contributed by atoms with Crippen LogP contribution in [-0.2, 0) is 0 Å². The van der Waals surface area contributed by atoms with Crippen LogP contribution in [-0.4, -0.2) is 11.2 Å². The van der Waals surface area contributed by atoms with Gasteiger partial charge in [0, 0.05) is 17.0 Å². The number of anilines is 1. The fraction of sp³-hybridized carbons (Fsp3) is 0.167. The van der Waals surface area contributed by atoms with Crippen LogP contribution in [0.1, 0.15) is 16.8 Å². The summed E-state index contributed by atoms with van der Waals surface area (Å²) in [5.41, 5.74) is 4.36. The first-order valence-electron chi connectivity index (χ1n) is 5.23. The molecule has 1 aromatic carbocycles. The van der Waals surface area contributed by atoms with Crippen molar-refractivity contribution >= 4 is 22.7 Å². The summed E-state index contributed by atoms with van der Waals surface area (Å²) in [6.45, 7) is 3.45. The van der Waals surface area contributed by atoms with E-state index in [-0.39, 0.29) is 0 Å². The molecule has 1 heterocycles. The largest absolute Gasteiger partial charge is 0.253 e. The normalized spacial score (nSPS) is 11.1. The molecule has 0 fully saturated rings. The van der Waals surface area contributed by atoms with Crippen LogP contribution in [0.2, 0.25) is 0 Å². The predicted octanol–water partition coefficient (Wildman–Crippen LogP) is 3.48. The van der Waals surface area contributed by atoms with Gasteiger partial charge in [-0.05, 0) is 25.5 Å². The predicted molar refractivity (Wildman–Crippen MR) is 69.2 cm³/mol. The molecule has 0 amide bonds. The summed E-state index contributed by atoms with van der Waals surface area (Å²) >= 11 is 1.41. The number of aryl methyl sites for hydroxylation is 1. The van der Waals surface area contributed by atoms with Gasteiger partial charge < -0.3 is 0 Å². The summed E-state index contributed by atoms with van der Waals surface area (Å²) in [5.74, 6) is -1.20. The fourth-order valence-corrected chi connectivity index (χ4v) is 2.00. The van der Waals surface area contributed by atoms with E-state index in [1.165, 1.54) is 23.6 Å². The van der Waals surface area contributed by atoms with E-state index >= 15 is 0 Å². The highest BCUT2D eigenvalue weighted by molar-refractivity contribution is 7.13. The SMILES string of the molecule is Cc1csc(NN=Cc2cc(F)cc(F)c2C)n1. The highest BCUT2D eigenvalue weighted by Gasteiger charge is 2.05. The number of rotatable bonds is 3. The molecule has 6 heteroatoms. The van der Waals surface area contributed by atoms with Gasteiger partial charge in [-0.25, -0.2) is 13.8 Å². The van der Waals surface area contributed by atoms with E-state index in [1.54, 1.807) is 6.92 Å². The second kappa shape index (κ2) is 5.22. The molecule has 0 bridgehead atoms. The van der Waals surface area contributed by atoms with E-state index in [4.69, 9.17) is 0 Å². The van der Waals surface area contributed by atoms with Crippen molar-refractivity contribution in [2.75, 3.05) is 5.43 Å². The van der Waals surface area contributed by atoms with E-state index in [0.717, 1.165) is 11.8 Å². The molecular formula is C12H11F2N3S. The average Bonchev–Trinajstić information content (AvgIpc) is 2.71. The number of aromatic nitrogens is 1. The minimum absolute atomic E-state index is 0.359. The summed E-state index contributed by atoms with van der Waals surface area (Å²) in [6.07, 6.45) is 1.37. The van der Waals surface area contributed by atoms with Crippen LogP contribution in [0.4, 0.5) is 13.9 Å². The number of benzene rings is 1. The molecule has 0 aliphatic heterocycles. The number of hydrogen-bond donors (Lipinski definition) is 1. The monoisotopic (exact) mass is 267 g/mol. The first-order valence-corrected chi connectivity index (χ1v) is 6.11. The Labute approximate surface area is 107 Å². The lowest BCUT2D eigenvalue weighted by Crippen LogP contribution is -1.96. The van der Waals surface area contributed by atoms with Gasteiger partial charge in [0.2, 0.25) is 5.13 Å². The summed E-state index contributed by atoms with van der Waals surface area (Å²) in [5, 5.41) is 6.43. The molecule has 0 aliphatic rings. The third kappa shape index (κ3) is 2.89. The van der Waals surface area contributed by atoms with Crippen LogP contribution in [0.25, 0.3) is 0 Å². The molecule has 0 unspecified atom stereocenters. The highest BCUT2D eigenvalue weighted by Crippen LogP contribution is 2.15. The van der Waals surface area contributed by atoms with Crippen LogP contribution in [0.5, 0.6) is 0 Å². The summed E-state index contributed by atoms with van der Waals surface area (Å²) in [6, 6.07) is 2.08. The van der Waals surface area contributed by atoms with Crippen molar-refractivity contribution in [2.24, 2.45) is 5.10 Å². The lowest BCUT2D eigenvalue weighted by Gasteiger charge is -2.01. The summed E-state index contributed by atoms with van der Waals surface area (Å²) < 4.78 is 26.3. The molecule has 0 saturated carbocycles. The zero-order valence-electron chi connectivity index (χ0n) is 9.87. The van der Waals surface area contributed by atoms with Crippen LogP contribution >= 0.6 is 11.3 Å². The van der Waals surface area contributed by atoms with Gasteiger partial charge in [-0.1, -0.05) is 0 Å². The first-order chi connectivity index (χ1) is 8.56. The fourth-order valence-electron chi connectivity index (χ4n) is 1.36. The number of hydrazone groups is 1. The Morgan fingerprint density at radius 2 is 2.11 bits per heavy atom. The smallest absolute Gasteiger partial charge is 0.203 e. The molecular weight excluding hydrogens is 256 g/mol. The topological polar surface area (TPSA) is 37.3 Å². The molecule has 3 nitrogen and oxygen atoms in total. The molecule has 1 aromatic heterocycles. The van der Waals surface area contributed by atoms with E-state index < -0.39 is 11.6 Å². The van der Waals surface area contributed by atoms with Crippen molar-refractivity contribution in [3.63, 3.8) is 0 Å². The highest BCUT2D eigenvalue weighted by atomic mass is 32.1. The van der Waals surface area contributed by atoms with Crippen molar-refractivity contribution in [3.05, 3.63) is 46.0 Å². The molecule has 94 valence electrons. The Morgan fingerprint density at radius 1 is 1.33 bits per heavy atom. The zero-order valence-corrected chi connectivity index (χ0v) is 10.7. The Kier molecular flexibility index (Phi) is 3.66. The quantitative estimate of drug-likeness (QED) is 0.683. The van der Waals surface area contributed by atoms with Gasteiger partial charge in [-0.2, -0.15) is 5.10 Å². The molecule has 0 spiro atoms. The van der Waals surface area contributed by atoms with Gasteiger partial charge in [-0.15, -0.1) is 11.3 Å². The lowest BCUT2D eigenvalue weighted by molar-refractivity contribution is 0.577. The molecule has 0 saturated heterocycles. The average molecular weight is 267 g/mol. The van der Waals surface area contributed by atoms with Crippen LogP contribution in [0.15, 0.2) is 22.6 Å². The summed E-state index contributed by atoms with van der Waals surface area (Å²) in [4.78, 5) is 4.14. The number of nitrogens with zero attached hydrogens (tertiary/aromatic N) is 2. The third-order valence-corrected chi connectivity index (χ3v) is 3.20. The second-order valence-electron chi connectivity index (χ2n) is 3.77. The second-order valence-corrected chi connectivity index (χ2v) is 4.62. The van der Waals surface area contributed by atoms with Crippen molar-refractivity contribution in [2.45, 2.75) is 13.8 Å². The Balaban J connectivity index is 2.14. The van der Waals surface area contributed by atoms with Crippen LogP contribution < -0.4 is 5.43 Å². The Bertz CT molecular complexity index is 593. The zero-order chi connectivity index (χ0) is 13.1. The van der Waals surface area contributed by atoms with Crippen molar-refractivity contribution in [1.29, 1.82) is 0 Å². The van der Waals surface area contributed by atoms with Crippen LogP contribution in [0, 0.1) is 25.5 Å². The van der Waals surface area contributed by atoms with Gasteiger partial charge in [0.05, 0.1) is 11.9 Å². The van der Waals surface area contributed by atoms with E-state index in [1.807, 2.05) is 12.3 Å². The maximum absolute atomic E-state index is 13.3. The number of nitrogens with one attached hydrogen (secondary N) is 1. The van der Waals surface area contributed by atoms with E-state index in [9.17, 15) is 8.78 Å². The Morgan fingerprint density at radius 3 is 2.78 bits per heavy atom. The maximum atomic E-state index is 13.3. The molecule has 0 aliphatic carbocycles. The van der Waals surface area contributed by atoms with Crippen molar-refractivity contribution in [3.8, 4) is 0 Å². The maximum Gasteiger partial charge on any atom is 0.203 e. The molecule has 2 aromatic rings. The molecule has 18 heavy (non-hydrogen) atoms. The van der Waals surface area contributed by atoms with Gasteiger partial charge >= 0.3 is 0 Å². The van der Waals surface area contributed by atoms with Crippen LogP contribution in [0.3, 0.4) is 0 Å².